The second kappa shape index (κ2) is 3.27. The predicted molar refractivity (Wildman–Crippen MR) is 52.0 cm³/mol. The van der Waals surface area contributed by atoms with Crippen LogP contribution in [0.15, 0.2) is 24.3 Å². The number of carboxylic acid groups (broad SMARTS) is 1. The number of carbonyl (C=O) groups is 1. The fraction of sp³-hybridized carbons (Fsp3) is 0.100. The number of hydrogen-bond donors (Lipinski definition) is 1. The van der Waals surface area contributed by atoms with Crippen molar-refractivity contribution in [3.8, 4) is 5.88 Å². The SMILES string of the molecule is COc1c(C(=O)O)c2ccccc2n1F. The molecule has 0 saturated heterocycles. The molecule has 4 nitrogen and oxygen atoms in total. The number of rotatable bonds is 2. The molecule has 0 radical (unpaired) electrons. The van der Waals surface area contributed by atoms with Gasteiger partial charge in [0.05, 0.1) is 12.6 Å². The standard InChI is InChI=1S/C10H8FNO3/c1-15-9-8(10(13)14)6-4-2-3-5-7(6)12(9)11/h2-5H,1H3,(H,13,14). The fourth-order valence-electron chi connectivity index (χ4n) is 1.57. The lowest BCUT2D eigenvalue weighted by Gasteiger charge is -1.98. The van der Waals surface area contributed by atoms with E-state index in [1.165, 1.54) is 19.2 Å². The van der Waals surface area contributed by atoms with Gasteiger partial charge in [0, 0.05) is 5.39 Å². The van der Waals surface area contributed by atoms with Gasteiger partial charge in [0.1, 0.15) is 5.56 Å². The van der Waals surface area contributed by atoms with Gasteiger partial charge in [-0.25, -0.2) is 4.79 Å². The smallest absolute Gasteiger partial charge is 0.341 e. The van der Waals surface area contributed by atoms with E-state index in [9.17, 15) is 9.28 Å². The molecule has 2 rings (SSSR count). The van der Waals surface area contributed by atoms with Crippen LogP contribution in [-0.4, -0.2) is 23.0 Å². The van der Waals surface area contributed by atoms with Gasteiger partial charge >= 0.3 is 5.97 Å². The van der Waals surface area contributed by atoms with E-state index in [4.69, 9.17) is 9.84 Å². The molecule has 0 bridgehead atoms. The highest BCUT2D eigenvalue weighted by Crippen LogP contribution is 2.31. The predicted octanol–water partition coefficient (Wildman–Crippen LogP) is 2.08. The average molecular weight is 209 g/mol. The molecule has 0 spiro atoms. The number of methoxy groups -OCH3 is 1. The molecule has 5 heteroatoms. The van der Waals surface area contributed by atoms with Gasteiger partial charge in [-0.3, -0.25) is 0 Å². The van der Waals surface area contributed by atoms with Crippen molar-refractivity contribution in [1.82, 2.24) is 4.79 Å². The van der Waals surface area contributed by atoms with Crippen LogP contribution in [0, 0.1) is 0 Å². The maximum absolute atomic E-state index is 13.6. The molecule has 0 atom stereocenters. The van der Waals surface area contributed by atoms with Crippen LogP contribution in [0.1, 0.15) is 10.4 Å². The van der Waals surface area contributed by atoms with Gasteiger partial charge in [0.25, 0.3) is 0 Å². The van der Waals surface area contributed by atoms with Crippen LogP contribution in [0.5, 0.6) is 5.88 Å². The summed E-state index contributed by atoms with van der Waals surface area (Å²) in [6.07, 6.45) is 0. The first kappa shape index (κ1) is 9.51. The van der Waals surface area contributed by atoms with E-state index in [1.54, 1.807) is 12.1 Å². The second-order valence-electron chi connectivity index (χ2n) is 2.99. The summed E-state index contributed by atoms with van der Waals surface area (Å²) in [5.74, 6) is -1.50. The molecule has 0 saturated carbocycles. The molecule has 1 heterocycles. The van der Waals surface area contributed by atoms with Crippen molar-refractivity contribution in [3.05, 3.63) is 29.8 Å². The van der Waals surface area contributed by atoms with E-state index in [0.717, 1.165) is 0 Å². The molecule has 0 amide bonds. The van der Waals surface area contributed by atoms with Gasteiger partial charge in [-0.05, 0) is 6.07 Å². The molecule has 0 fully saturated rings. The van der Waals surface area contributed by atoms with Crippen molar-refractivity contribution in [3.63, 3.8) is 0 Å². The quantitative estimate of drug-likeness (QED) is 0.823. The van der Waals surface area contributed by atoms with E-state index in [0.29, 0.717) is 5.39 Å². The first-order chi connectivity index (χ1) is 7.16. The maximum atomic E-state index is 13.6. The summed E-state index contributed by atoms with van der Waals surface area (Å²) in [6, 6.07) is 6.30. The molecule has 2 aromatic rings. The van der Waals surface area contributed by atoms with Crippen LogP contribution in [0.25, 0.3) is 10.9 Å². The van der Waals surface area contributed by atoms with E-state index >= 15 is 0 Å². The lowest BCUT2D eigenvalue weighted by atomic mass is 10.2. The van der Waals surface area contributed by atoms with Crippen LogP contribution in [0.4, 0.5) is 4.48 Å². The van der Waals surface area contributed by atoms with Crippen LogP contribution in [-0.2, 0) is 0 Å². The van der Waals surface area contributed by atoms with Gasteiger partial charge in [-0.15, -0.1) is 4.79 Å². The number of benzene rings is 1. The highest BCUT2D eigenvalue weighted by atomic mass is 19.2. The van der Waals surface area contributed by atoms with Gasteiger partial charge < -0.3 is 9.84 Å². The van der Waals surface area contributed by atoms with Gasteiger partial charge in [-0.1, -0.05) is 22.7 Å². The largest absolute Gasteiger partial charge is 0.480 e. The Labute approximate surface area is 84.4 Å². The number of nitrogens with zero attached hydrogens (tertiary/aromatic N) is 1. The molecule has 0 unspecified atom stereocenters. The molecule has 1 aromatic carbocycles. The Morgan fingerprint density at radius 2 is 2.13 bits per heavy atom. The minimum absolute atomic E-state index is 0.157. The van der Waals surface area contributed by atoms with Crippen molar-refractivity contribution in [2.45, 2.75) is 0 Å². The lowest BCUT2D eigenvalue weighted by Crippen LogP contribution is -1.99. The van der Waals surface area contributed by atoms with Crippen molar-refractivity contribution < 1.29 is 19.1 Å². The molecule has 1 N–H and O–H groups in total. The Bertz CT molecular complexity index is 533. The summed E-state index contributed by atoms with van der Waals surface area (Å²) in [7, 11) is 1.23. The van der Waals surface area contributed by atoms with E-state index in [2.05, 4.69) is 0 Å². The highest BCUT2D eigenvalue weighted by Gasteiger charge is 2.22. The fourth-order valence-corrected chi connectivity index (χ4v) is 1.57. The van der Waals surface area contributed by atoms with Crippen molar-refractivity contribution >= 4 is 16.9 Å². The topological polar surface area (TPSA) is 51.5 Å². The Hall–Kier alpha value is -2.04. The Morgan fingerprint density at radius 3 is 2.73 bits per heavy atom. The number of hydrogen-bond acceptors (Lipinski definition) is 2. The van der Waals surface area contributed by atoms with E-state index in [-0.39, 0.29) is 21.7 Å². The molecular formula is C10H8FNO3. The minimum Gasteiger partial charge on any atom is -0.480 e. The van der Waals surface area contributed by atoms with Gasteiger partial charge in [0.15, 0.2) is 0 Å². The Kier molecular flexibility index (Phi) is 2.07. The Morgan fingerprint density at radius 1 is 1.47 bits per heavy atom. The normalized spacial score (nSPS) is 10.5. The molecule has 0 aliphatic rings. The molecule has 15 heavy (non-hydrogen) atoms. The summed E-state index contributed by atoms with van der Waals surface area (Å²) in [6.45, 7) is 0. The zero-order chi connectivity index (χ0) is 11.0. The number of aromatic carboxylic acids is 1. The van der Waals surface area contributed by atoms with E-state index < -0.39 is 5.97 Å². The van der Waals surface area contributed by atoms with Crippen molar-refractivity contribution in [2.24, 2.45) is 0 Å². The third-order valence-electron chi connectivity index (χ3n) is 2.18. The lowest BCUT2D eigenvalue weighted by molar-refractivity contribution is 0.0693. The molecule has 78 valence electrons. The third-order valence-corrected chi connectivity index (χ3v) is 2.18. The summed E-state index contributed by atoms with van der Waals surface area (Å²) >= 11 is 0. The number of carboxylic acids is 1. The molecule has 1 aromatic heterocycles. The first-order valence-electron chi connectivity index (χ1n) is 4.23. The van der Waals surface area contributed by atoms with Crippen molar-refractivity contribution in [2.75, 3.05) is 7.11 Å². The summed E-state index contributed by atoms with van der Waals surface area (Å²) in [5.41, 5.74) is 0.0300. The van der Waals surface area contributed by atoms with Gasteiger partial charge in [0.2, 0.25) is 5.88 Å². The number of fused-ring (bicyclic) bond motifs is 1. The summed E-state index contributed by atoms with van der Waals surface area (Å²) < 4.78 is 18.3. The monoisotopic (exact) mass is 209 g/mol. The number of aromatic nitrogens is 1. The minimum atomic E-state index is -1.21. The molecular weight excluding hydrogens is 201 g/mol. The first-order valence-corrected chi connectivity index (χ1v) is 4.23. The zero-order valence-electron chi connectivity index (χ0n) is 7.90. The van der Waals surface area contributed by atoms with Crippen LogP contribution < -0.4 is 4.74 Å². The molecule has 0 aliphatic carbocycles. The van der Waals surface area contributed by atoms with Crippen molar-refractivity contribution in [1.29, 1.82) is 0 Å². The number of para-hydroxylation sites is 1. The highest BCUT2D eigenvalue weighted by molar-refractivity contribution is 6.06. The second-order valence-corrected chi connectivity index (χ2v) is 2.99. The van der Waals surface area contributed by atoms with Crippen LogP contribution >= 0.6 is 0 Å². The summed E-state index contributed by atoms with van der Waals surface area (Å²) in [4.78, 5) is 11.2. The number of halogens is 1. The summed E-state index contributed by atoms with van der Waals surface area (Å²) in [5, 5.41) is 9.27. The molecule has 0 aliphatic heterocycles. The maximum Gasteiger partial charge on any atom is 0.341 e. The van der Waals surface area contributed by atoms with Crippen LogP contribution in [0.2, 0.25) is 0 Å². The Balaban J connectivity index is 2.91. The van der Waals surface area contributed by atoms with Gasteiger partial charge in [-0.2, -0.15) is 0 Å². The average Bonchev–Trinajstić information content (AvgIpc) is 2.52. The van der Waals surface area contributed by atoms with E-state index in [1.807, 2.05) is 0 Å². The van der Waals surface area contributed by atoms with Crippen LogP contribution in [0.3, 0.4) is 0 Å². The third kappa shape index (κ3) is 1.24. The number of ether oxygens (including phenoxy) is 1. The zero-order valence-corrected chi connectivity index (χ0v) is 7.90.